The number of fused-ring (bicyclic) bond motifs is 1. The molecule has 1 heteroatoms. The van der Waals surface area contributed by atoms with Crippen LogP contribution in [0.5, 0.6) is 0 Å². The third-order valence-corrected chi connectivity index (χ3v) is 6.18. The van der Waals surface area contributed by atoms with E-state index in [9.17, 15) is 0 Å². The first-order chi connectivity index (χ1) is 11.7. The Bertz CT molecular complexity index is 700. The molecule has 126 valence electrons. The van der Waals surface area contributed by atoms with Crippen LogP contribution in [0.2, 0.25) is 0 Å². The molecule has 2 aromatic rings. The molecule has 1 fully saturated rings. The molecule has 24 heavy (non-hydrogen) atoms. The van der Waals surface area contributed by atoms with E-state index in [1.165, 1.54) is 55.3 Å². The smallest absolute Gasteiger partial charge is 0.0142 e. The highest BCUT2D eigenvalue weighted by Gasteiger charge is 2.30. The van der Waals surface area contributed by atoms with Crippen LogP contribution in [0, 0.1) is 0 Å². The fourth-order valence-corrected chi connectivity index (χ4v) is 4.63. The molecular weight excluding hydrogens is 290 g/mol. The summed E-state index contributed by atoms with van der Waals surface area (Å²) in [6, 6.07) is 17.8. The molecule has 1 nitrogen and oxygen atoms in total. The second-order valence-electron chi connectivity index (χ2n) is 7.66. The molecule has 1 saturated heterocycles. The van der Waals surface area contributed by atoms with Gasteiger partial charge in [0.15, 0.2) is 0 Å². The Hall–Kier alpha value is -1.60. The molecule has 4 rings (SSSR count). The van der Waals surface area contributed by atoms with Crippen LogP contribution >= 0.6 is 0 Å². The standard InChI is InChI=1S/C23H29N/c1-3-18-6-8-19(9-7-18)20-10-11-22-16-23(13-12-21(22)15-20)24-14-4-5-17(24)2/h6-11,15,17,23H,3-5,12-14,16H2,1-2H3. The lowest BCUT2D eigenvalue weighted by atomic mass is 9.85. The summed E-state index contributed by atoms with van der Waals surface area (Å²) in [6.45, 7) is 5.93. The molecule has 0 amide bonds. The lowest BCUT2D eigenvalue weighted by Gasteiger charge is -2.35. The molecule has 2 atom stereocenters. The first kappa shape index (κ1) is 15.9. The number of aryl methyl sites for hydroxylation is 2. The van der Waals surface area contributed by atoms with Gasteiger partial charge in [0, 0.05) is 12.1 Å². The van der Waals surface area contributed by atoms with Crippen LogP contribution in [-0.4, -0.2) is 23.5 Å². The zero-order valence-corrected chi connectivity index (χ0v) is 15.1. The highest BCUT2D eigenvalue weighted by atomic mass is 15.2. The average Bonchev–Trinajstić information content (AvgIpc) is 3.07. The van der Waals surface area contributed by atoms with Crippen molar-refractivity contribution in [1.82, 2.24) is 4.90 Å². The summed E-state index contributed by atoms with van der Waals surface area (Å²) in [5, 5.41) is 0. The van der Waals surface area contributed by atoms with Crippen molar-refractivity contribution in [3.8, 4) is 11.1 Å². The third kappa shape index (κ3) is 3.02. The largest absolute Gasteiger partial charge is 0.297 e. The molecule has 1 heterocycles. The van der Waals surface area contributed by atoms with Gasteiger partial charge in [0.25, 0.3) is 0 Å². The molecule has 2 aliphatic rings. The van der Waals surface area contributed by atoms with E-state index in [0.29, 0.717) is 0 Å². The van der Waals surface area contributed by atoms with E-state index < -0.39 is 0 Å². The minimum absolute atomic E-state index is 0.768. The number of rotatable bonds is 3. The van der Waals surface area contributed by atoms with E-state index >= 15 is 0 Å². The van der Waals surface area contributed by atoms with Crippen molar-refractivity contribution in [1.29, 1.82) is 0 Å². The van der Waals surface area contributed by atoms with Crippen LogP contribution in [0.25, 0.3) is 11.1 Å². The van der Waals surface area contributed by atoms with Crippen LogP contribution in [0.4, 0.5) is 0 Å². The Morgan fingerprint density at radius 1 is 0.958 bits per heavy atom. The van der Waals surface area contributed by atoms with Gasteiger partial charge < -0.3 is 0 Å². The lowest BCUT2D eigenvalue weighted by molar-refractivity contribution is 0.174. The van der Waals surface area contributed by atoms with E-state index in [2.05, 4.69) is 61.2 Å². The Morgan fingerprint density at radius 3 is 2.46 bits per heavy atom. The second-order valence-corrected chi connectivity index (χ2v) is 7.66. The second kappa shape index (κ2) is 6.72. The number of hydrogen-bond acceptors (Lipinski definition) is 1. The van der Waals surface area contributed by atoms with Gasteiger partial charge >= 0.3 is 0 Å². The first-order valence-corrected chi connectivity index (χ1v) is 9.71. The van der Waals surface area contributed by atoms with Gasteiger partial charge in [-0.3, -0.25) is 4.90 Å². The summed E-state index contributed by atoms with van der Waals surface area (Å²) in [5.41, 5.74) is 7.31. The van der Waals surface area contributed by atoms with Gasteiger partial charge in [0.05, 0.1) is 0 Å². The molecule has 0 N–H and O–H groups in total. The summed E-state index contributed by atoms with van der Waals surface area (Å²) < 4.78 is 0. The predicted molar refractivity (Wildman–Crippen MR) is 102 cm³/mol. The molecule has 0 aromatic heterocycles. The minimum atomic E-state index is 0.768. The van der Waals surface area contributed by atoms with Crippen LogP contribution in [0.15, 0.2) is 42.5 Å². The van der Waals surface area contributed by atoms with Gasteiger partial charge in [0.2, 0.25) is 0 Å². The highest BCUT2D eigenvalue weighted by molar-refractivity contribution is 5.65. The summed E-state index contributed by atoms with van der Waals surface area (Å²) in [6.07, 6.45) is 7.70. The first-order valence-electron chi connectivity index (χ1n) is 9.71. The van der Waals surface area contributed by atoms with Crippen molar-refractivity contribution in [3.05, 3.63) is 59.2 Å². The van der Waals surface area contributed by atoms with E-state index in [-0.39, 0.29) is 0 Å². The Labute approximate surface area is 146 Å². The fraction of sp³-hybridized carbons (Fsp3) is 0.478. The van der Waals surface area contributed by atoms with Crippen LogP contribution in [-0.2, 0) is 19.3 Å². The van der Waals surface area contributed by atoms with E-state index in [1.54, 1.807) is 11.1 Å². The highest BCUT2D eigenvalue weighted by Crippen LogP contribution is 2.32. The molecule has 0 saturated carbocycles. The minimum Gasteiger partial charge on any atom is -0.297 e. The van der Waals surface area contributed by atoms with Crippen molar-refractivity contribution in [2.75, 3.05) is 6.54 Å². The van der Waals surface area contributed by atoms with Crippen molar-refractivity contribution < 1.29 is 0 Å². The molecule has 2 unspecified atom stereocenters. The quantitative estimate of drug-likeness (QED) is 0.746. The number of nitrogens with zero attached hydrogens (tertiary/aromatic N) is 1. The summed E-state index contributed by atoms with van der Waals surface area (Å²) in [5.74, 6) is 0. The maximum Gasteiger partial charge on any atom is 0.0142 e. The third-order valence-electron chi connectivity index (χ3n) is 6.18. The molecular formula is C23H29N. The molecule has 2 aromatic carbocycles. The monoisotopic (exact) mass is 319 g/mol. The maximum atomic E-state index is 2.76. The SMILES string of the molecule is CCc1ccc(-c2ccc3c(c2)CCC(N2CCCC2C)C3)cc1. The normalized spacial score (nSPS) is 24.1. The predicted octanol–water partition coefficient (Wildman–Crippen LogP) is 5.26. The van der Waals surface area contributed by atoms with Gasteiger partial charge in [-0.15, -0.1) is 0 Å². The van der Waals surface area contributed by atoms with Crippen molar-refractivity contribution >= 4 is 0 Å². The Balaban J connectivity index is 1.54. The van der Waals surface area contributed by atoms with Crippen LogP contribution in [0.3, 0.4) is 0 Å². The molecule has 1 aliphatic carbocycles. The Morgan fingerprint density at radius 2 is 1.75 bits per heavy atom. The van der Waals surface area contributed by atoms with Gasteiger partial charge in [0.1, 0.15) is 0 Å². The number of likely N-dealkylation sites (tertiary alicyclic amines) is 1. The number of benzene rings is 2. The van der Waals surface area contributed by atoms with E-state index in [4.69, 9.17) is 0 Å². The van der Waals surface area contributed by atoms with E-state index in [1.807, 2.05) is 0 Å². The lowest BCUT2D eigenvalue weighted by Crippen LogP contribution is -2.41. The summed E-state index contributed by atoms with van der Waals surface area (Å²) >= 11 is 0. The molecule has 1 aliphatic heterocycles. The van der Waals surface area contributed by atoms with Gasteiger partial charge in [-0.1, -0.05) is 49.4 Å². The van der Waals surface area contributed by atoms with Crippen LogP contribution < -0.4 is 0 Å². The fourth-order valence-electron chi connectivity index (χ4n) is 4.63. The topological polar surface area (TPSA) is 3.24 Å². The average molecular weight is 319 g/mol. The molecule has 0 spiro atoms. The van der Waals surface area contributed by atoms with Crippen molar-refractivity contribution in [2.24, 2.45) is 0 Å². The zero-order chi connectivity index (χ0) is 16.5. The number of hydrogen-bond donors (Lipinski definition) is 0. The van der Waals surface area contributed by atoms with Gasteiger partial charge in [-0.05, 0) is 79.8 Å². The zero-order valence-electron chi connectivity index (χ0n) is 15.1. The molecule has 0 radical (unpaired) electrons. The van der Waals surface area contributed by atoms with Crippen LogP contribution in [0.1, 0.15) is 49.8 Å². The van der Waals surface area contributed by atoms with Gasteiger partial charge in [-0.2, -0.15) is 0 Å². The molecule has 0 bridgehead atoms. The van der Waals surface area contributed by atoms with Crippen molar-refractivity contribution in [2.45, 2.75) is 64.5 Å². The Kier molecular flexibility index (Phi) is 4.45. The maximum absolute atomic E-state index is 2.76. The van der Waals surface area contributed by atoms with E-state index in [0.717, 1.165) is 18.5 Å². The van der Waals surface area contributed by atoms with Gasteiger partial charge in [-0.25, -0.2) is 0 Å². The summed E-state index contributed by atoms with van der Waals surface area (Å²) in [4.78, 5) is 2.76. The van der Waals surface area contributed by atoms with Crippen molar-refractivity contribution in [3.63, 3.8) is 0 Å². The summed E-state index contributed by atoms with van der Waals surface area (Å²) in [7, 11) is 0.